The van der Waals surface area contributed by atoms with Crippen molar-refractivity contribution in [2.24, 2.45) is 0 Å². The molecule has 3 atom stereocenters. The van der Waals surface area contributed by atoms with Gasteiger partial charge >= 0.3 is 0 Å². The highest BCUT2D eigenvalue weighted by Crippen LogP contribution is 2.37. The zero-order valence-corrected chi connectivity index (χ0v) is 20.4. The molecular weight excluding hydrogens is 434 g/mol. The first-order valence-corrected chi connectivity index (χ1v) is 12.9. The molecule has 7 nitrogen and oxygen atoms in total. The van der Waals surface area contributed by atoms with E-state index in [0.717, 1.165) is 69.0 Å². The molecule has 0 saturated carbocycles. The summed E-state index contributed by atoms with van der Waals surface area (Å²) < 4.78 is 0. The second kappa shape index (κ2) is 9.44. The second-order valence-corrected chi connectivity index (χ2v) is 10.2. The molecule has 3 saturated heterocycles. The van der Waals surface area contributed by atoms with Crippen molar-refractivity contribution < 1.29 is 0 Å². The lowest BCUT2D eigenvalue weighted by Crippen LogP contribution is -2.60. The van der Waals surface area contributed by atoms with E-state index in [2.05, 4.69) is 68.5 Å². The summed E-state index contributed by atoms with van der Waals surface area (Å²) in [4.78, 5) is 17.0. The van der Waals surface area contributed by atoms with Crippen LogP contribution in [0.3, 0.4) is 0 Å². The van der Waals surface area contributed by atoms with Crippen molar-refractivity contribution in [3.8, 4) is 6.07 Å². The summed E-state index contributed by atoms with van der Waals surface area (Å²) in [5, 5.41) is 14.0. The molecule has 1 unspecified atom stereocenters. The summed E-state index contributed by atoms with van der Waals surface area (Å²) in [6.45, 7) is 9.61. The minimum absolute atomic E-state index is 0.491. The van der Waals surface area contributed by atoms with Crippen LogP contribution in [-0.4, -0.2) is 72.8 Å². The lowest BCUT2D eigenvalue weighted by atomic mass is 9.83. The monoisotopic (exact) mass is 467 g/mol. The van der Waals surface area contributed by atoms with Crippen molar-refractivity contribution in [3.63, 3.8) is 0 Å². The zero-order valence-electron chi connectivity index (χ0n) is 20.4. The molecular formula is C28H33N7. The molecule has 0 amide bonds. The molecule has 3 aliphatic rings. The first-order chi connectivity index (χ1) is 17.2. The van der Waals surface area contributed by atoms with E-state index in [1.807, 2.05) is 12.1 Å². The highest BCUT2D eigenvalue weighted by atomic mass is 15.3. The number of anilines is 2. The molecule has 0 aliphatic carbocycles. The molecule has 3 aliphatic heterocycles. The molecule has 3 fully saturated rings. The molecule has 180 valence electrons. The van der Waals surface area contributed by atoms with Crippen LogP contribution in [0.2, 0.25) is 0 Å². The minimum Gasteiger partial charge on any atom is -0.368 e. The van der Waals surface area contributed by atoms with E-state index in [1.54, 1.807) is 6.20 Å². The number of aromatic nitrogens is 2. The van der Waals surface area contributed by atoms with Crippen molar-refractivity contribution in [1.29, 1.82) is 5.26 Å². The average molecular weight is 468 g/mol. The predicted octanol–water partition coefficient (Wildman–Crippen LogP) is 3.37. The van der Waals surface area contributed by atoms with Crippen molar-refractivity contribution in [3.05, 3.63) is 59.9 Å². The summed E-state index contributed by atoms with van der Waals surface area (Å²) in [6.07, 6.45) is 6.25. The molecule has 0 radical (unpaired) electrons. The quantitative estimate of drug-likeness (QED) is 0.633. The predicted molar refractivity (Wildman–Crippen MR) is 140 cm³/mol. The molecule has 6 rings (SSSR count). The number of nitrogens with one attached hydrogen (secondary N) is 1. The van der Waals surface area contributed by atoms with Gasteiger partial charge in [-0.3, -0.25) is 9.88 Å². The molecule has 2 aromatic heterocycles. The Morgan fingerprint density at radius 3 is 2.69 bits per heavy atom. The summed E-state index contributed by atoms with van der Waals surface area (Å²) in [6, 6.07) is 16.0. The zero-order chi connectivity index (χ0) is 23.8. The van der Waals surface area contributed by atoms with Gasteiger partial charge in [-0.1, -0.05) is 6.07 Å². The number of rotatable bonds is 3. The Balaban J connectivity index is 1.21. The minimum atomic E-state index is 0.491. The van der Waals surface area contributed by atoms with E-state index < -0.39 is 0 Å². The van der Waals surface area contributed by atoms with Gasteiger partial charge in [-0.2, -0.15) is 5.26 Å². The normalized spacial score (nSPS) is 25.3. The smallest absolute Gasteiger partial charge is 0.128 e. The van der Waals surface area contributed by atoms with Crippen LogP contribution in [-0.2, 0) is 0 Å². The lowest BCUT2D eigenvalue weighted by molar-refractivity contribution is 0.0765. The number of piperidine rings is 1. The van der Waals surface area contributed by atoms with Gasteiger partial charge in [0.1, 0.15) is 11.9 Å². The maximum Gasteiger partial charge on any atom is 0.128 e. The number of pyridine rings is 2. The molecule has 1 aromatic carbocycles. The van der Waals surface area contributed by atoms with Crippen LogP contribution in [0, 0.1) is 11.3 Å². The molecule has 1 N–H and O–H groups in total. The number of hydrogen-bond acceptors (Lipinski definition) is 7. The summed E-state index contributed by atoms with van der Waals surface area (Å²) in [7, 11) is 0. The summed E-state index contributed by atoms with van der Waals surface area (Å²) >= 11 is 0. The fraction of sp³-hybridized carbons (Fsp3) is 0.464. The molecule has 5 heterocycles. The molecule has 0 bridgehead atoms. The van der Waals surface area contributed by atoms with Gasteiger partial charge in [-0.25, -0.2) is 4.98 Å². The summed E-state index contributed by atoms with van der Waals surface area (Å²) in [5.41, 5.74) is 4.02. The van der Waals surface area contributed by atoms with Gasteiger partial charge in [-0.05, 0) is 68.1 Å². The van der Waals surface area contributed by atoms with E-state index in [9.17, 15) is 5.26 Å². The second-order valence-electron chi connectivity index (χ2n) is 10.2. The van der Waals surface area contributed by atoms with Crippen molar-refractivity contribution >= 4 is 22.4 Å². The SMILES string of the molecule is C[C@@H]1CN(c2ccc(C#N)c3ncccc23)C[C@@H]2CC(c3ccc(N4CCNCC4)nc3)CCN21. The number of fused-ring (bicyclic) bond motifs is 2. The Labute approximate surface area is 207 Å². The molecule has 3 aromatic rings. The topological polar surface area (TPSA) is 71.3 Å². The number of nitrogens with zero attached hydrogens (tertiary/aromatic N) is 6. The van der Waals surface area contributed by atoms with Gasteiger partial charge in [-0.15, -0.1) is 0 Å². The standard InChI is InChI=1S/C28H33N7/c1-20-18-34(26-6-4-22(16-29)28-25(26)3-2-9-31-28)19-24-15-21(8-12-35(20)24)23-5-7-27(32-17-23)33-13-10-30-11-14-33/h2-7,9,17,20-21,24,30H,8,10-15,18-19H2,1H3/t20-,21?,24+/m1/s1. The van der Waals surface area contributed by atoms with Gasteiger partial charge in [0.2, 0.25) is 0 Å². The van der Waals surface area contributed by atoms with Gasteiger partial charge in [0.05, 0.1) is 11.1 Å². The van der Waals surface area contributed by atoms with Gasteiger partial charge in [0, 0.05) is 74.8 Å². The first-order valence-electron chi connectivity index (χ1n) is 12.9. The number of nitriles is 1. The Hall–Kier alpha value is -3.21. The number of piperazine rings is 2. The fourth-order valence-electron chi connectivity index (χ4n) is 6.32. The van der Waals surface area contributed by atoms with E-state index in [0.29, 0.717) is 23.6 Å². The molecule has 7 heteroatoms. The lowest BCUT2D eigenvalue weighted by Gasteiger charge is -2.50. The van der Waals surface area contributed by atoms with E-state index in [-0.39, 0.29) is 0 Å². The van der Waals surface area contributed by atoms with Crippen molar-refractivity contribution in [1.82, 2.24) is 20.2 Å². The van der Waals surface area contributed by atoms with Crippen LogP contribution in [0.25, 0.3) is 10.9 Å². The van der Waals surface area contributed by atoms with E-state index in [1.165, 1.54) is 17.7 Å². The van der Waals surface area contributed by atoms with Crippen LogP contribution in [0.1, 0.15) is 36.8 Å². The number of benzene rings is 1. The highest BCUT2D eigenvalue weighted by Gasteiger charge is 2.37. The van der Waals surface area contributed by atoms with Crippen molar-refractivity contribution in [2.75, 3.05) is 55.6 Å². The van der Waals surface area contributed by atoms with Gasteiger partial charge in [0.25, 0.3) is 0 Å². The van der Waals surface area contributed by atoms with Gasteiger partial charge in [0.15, 0.2) is 0 Å². The van der Waals surface area contributed by atoms with E-state index in [4.69, 9.17) is 4.98 Å². The molecule has 0 spiro atoms. The third-order valence-corrected chi connectivity index (χ3v) is 8.13. The van der Waals surface area contributed by atoms with Crippen LogP contribution in [0.15, 0.2) is 48.8 Å². The maximum absolute atomic E-state index is 9.54. The average Bonchev–Trinajstić information content (AvgIpc) is 2.92. The van der Waals surface area contributed by atoms with Crippen LogP contribution in [0.4, 0.5) is 11.5 Å². The number of hydrogen-bond donors (Lipinski definition) is 1. The summed E-state index contributed by atoms with van der Waals surface area (Å²) in [5.74, 6) is 1.65. The van der Waals surface area contributed by atoms with Gasteiger partial charge < -0.3 is 15.1 Å². The largest absolute Gasteiger partial charge is 0.368 e. The van der Waals surface area contributed by atoms with Crippen LogP contribution >= 0.6 is 0 Å². The Kier molecular flexibility index (Phi) is 6.01. The van der Waals surface area contributed by atoms with E-state index >= 15 is 0 Å². The highest BCUT2D eigenvalue weighted by molar-refractivity contribution is 5.95. The maximum atomic E-state index is 9.54. The third kappa shape index (κ3) is 4.22. The van der Waals surface area contributed by atoms with Crippen LogP contribution in [0.5, 0.6) is 0 Å². The van der Waals surface area contributed by atoms with Crippen LogP contribution < -0.4 is 15.1 Å². The first kappa shape index (κ1) is 22.3. The van der Waals surface area contributed by atoms with Crippen molar-refractivity contribution in [2.45, 2.75) is 37.8 Å². The third-order valence-electron chi connectivity index (χ3n) is 8.13. The molecule has 35 heavy (non-hydrogen) atoms. The Morgan fingerprint density at radius 1 is 1.00 bits per heavy atom. The Bertz CT molecular complexity index is 1230. The fourth-order valence-corrected chi connectivity index (χ4v) is 6.32. The Morgan fingerprint density at radius 2 is 1.89 bits per heavy atom.